The summed E-state index contributed by atoms with van der Waals surface area (Å²) in [5.41, 5.74) is 0.575. The van der Waals surface area contributed by atoms with Gasteiger partial charge < -0.3 is 4.90 Å². The number of nitrogens with zero attached hydrogens (tertiary/aromatic N) is 2. The van der Waals surface area contributed by atoms with E-state index in [2.05, 4.69) is 4.99 Å². The van der Waals surface area contributed by atoms with Crippen molar-refractivity contribution in [2.45, 2.75) is 18.2 Å². The SMILES string of the molecule is CC(=O)N=C1S[C@H]2CS(=O)(=O)C[C@@H]2N1c1cc(Cl)ccc1Cl. The minimum absolute atomic E-state index is 0.0183. The van der Waals surface area contributed by atoms with Gasteiger partial charge in [-0.25, -0.2) is 8.42 Å². The smallest absolute Gasteiger partial charge is 0.244 e. The first-order valence-corrected chi connectivity index (χ1v) is 9.93. The number of hydrogen-bond acceptors (Lipinski definition) is 4. The van der Waals surface area contributed by atoms with Gasteiger partial charge in [0.05, 0.1) is 28.3 Å². The Labute approximate surface area is 142 Å². The van der Waals surface area contributed by atoms with Crippen LogP contribution in [0, 0.1) is 0 Å². The third-order valence-electron chi connectivity index (χ3n) is 3.49. The van der Waals surface area contributed by atoms with Crippen LogP contribution >= 0.6 is 35.0 Å². The molecule has 2 saturated heterocycles. The normalized spacial score (nSPS) is 28.1. The fraction of sp³-hybridized carbons (Fsp3) is 0.385. The number of benzene rings is 1. The first kappa shape index (κ1) is 16.1. The first-order valence-electron chi connectivity index (χ1n) is 6.47. The van der Waals surface area contributed by atoms with Gasteiger partial charge in [0.1, 0.15) is 0 Å². The Kier molecular flexibility index (Phi) is 4.18. The molecule has 3 rings (SSSR count). The van der Waals surface area contributed by atoms with Crippen molar-refractivity contribution in [3.05, 3.63) is 28.2 Å². The molecule has 2 atom stereocenters. The molecule has 0 aliphatic carbocycles. The number of fused-ring (bicyclic) bond motifs is 1. The summed E-state index contributed by atoms with van der Waals surface area (Å²) < 4.78 is 23.8. The zero-order valence-corrected chi connectivity index (χ0v) is 14.6. The molecule has 0 radical (unpaired) electrons. The molecule has 5 nitrogen and oxygen atoms in total. The van der Waals surface area contributed by atoms with Gasteiger partial charge in [-0.1, -0.05) is 35.0 Å². The summed E-state index contributed by atoms with van der Waals surface area (Å²) in [5, 5.41) is 1.24. The molecule has 1 amide bonds. The number of anilines is 1. The highest BCUT2D eigenvalue weighted by Gasteiger charge is 2.49. The topological polar surface area (TPSA) is 66.8 Å². The highest BCUT2D eigenvalue weighted by atomic mass is 35.5. The molecule has 22 heavy (non-hydrogen) atoms. The number of sulfone groups is 1. The van der Waals surface area contributed by atoms with Crippen LogP contribution in [0.15, 0.2) is 23.2 Å². The summed E-state index contributed by atoms with van der Waals surface area (Å²) >= 11 is 13.6. The number of thioether (sulfide) groups is 1. The second kappa shape index (κ2) is 5.70. The maximum absolute atomic E-state index is 11.9. The monoisotopic (exact) mass is 378 g/mol. The van der Waals surface area contributed by atoms with Gasteiger partial charge in [-0.2, -0.15) is 4.99 Å². The van der Waals surface area contributed by atoms with E-state index in [0.29, 0.717) is 20.9 Å². The summed E-state index contributed by atoms with van der Waals surface area (Å²) in [5.74, 6) is -0.244. The Hall–Kier alpha value is -0.760. The van der Waals surface area contributed by atoms with E-state index in [9.17, 15) is 13.2 Å². The molecule has 118 valence electrons. The van der Waals surface area contributed by atoms with Crippen molar-refractivity contribution >= 4 is 61.6 Å². The lowest BCUT2D eigenvalue weighted by molar-refractivity contribution is -0.115. The largest absolute Gasteiger partial charge is 0.314 e. The van der Waals surface area contributed by atoms with Crippen molar-refractivity contribution in [1.29, 1.82) is 0 Å². The van der Waals surface area contributed by atoms with Gasteiger partial charge in [0.2, 0.25) is 5.91 Å². The van der Waals surface area contributed by atoms with E-state index in [4.69, 9.17) is 23.2 Å². The third kappa shape index (κ3) is 2.99. The van der Waals surface area contributed by atoms with Crippen LogP contribution < -0.4 is 4.90 Å². The van der Waals surface area contributed by atoms with E-state index in [-0.39, 0.29) is 28.7 Å². The van der Waals surface area contributed by atoms with E-state index < -0.39 is 9.84 Å². The number of rotatable bonds is 1. The van der Waals surface area contributed by atoms with Crippen LogP contribution in [0.1, 0.15) is 6.92 Å². The number of hydrogen-bond donors (Lipinski definition) is 0. The Balaban J connectivity index is 2.10. The van der Waals surface area contributed by atoms with Crippen LogP contribution in [-0.2, 0) is 14.6 Å². The van der Waals surface area contributed by atoms with Crippen LogP contribution in [0.5, 0.6) is 0 Å². The quantitative estimate of drug-likeness (QED) is 0.751. The van der Waals surface area contributed by atoms with Crippen molar-refractivity contribution < 1.29 is 13.2 Å². The molecule has 1 aromatic rings. The standard InChI is InChI=1S/C13H12Cl2N2O3S2/c1-7(18)16-13-17(10-4-8(14)2-3-9(10)15)11-5-22(19,20)6-12(11)21-13/h2-4,11-12H,5-6H2,1H3/t11-,12-/m0/s1. The van der Waals surface area contributed by atoms with E-state index >= 15 is 0 Å². The summed E-state index contributed by atoms with van der Waals surface area (Å²) in [7, 11) is -3.10. The molecule has 0 spiro atoms. The van der Waals surface area contributed by atoms with Crippen LogP contribution in [0.4, 0.5) is 5.69 Å². The maximum Gasteiger partial charge on any atom is 0.244 e. The van der Waals surface area contributed by atoms with E-state index in [0.717, 1.165) is 0 Å². The van der Waals surface area contributed by atoms with Crippen molar-refractivity contribution in [3.8, 4) is 0 Å². The summed E-state index contributed by atoms with van der Waals surface area (Å²) in [6.07, 6.45) is 0. The summed E-state index contributed by atoms with van der Waals surface area (Å²) in [4.78, 5) is 17.1. The second-order valence-electron chi connectivity index (χ2n) is 5.18. The van der Waals surface area contributed by atoms with Crippen LogP contribution in [0.3, 0.4) is 0 Å². The molecule has 2 fully saturated rings. The van der Waals surface area contributed by atoms with Gasteiger partial charge in [-0.3, -0.25) is 4.79 Å². The lowest BCUT2D eigenvalue weighted by atomic mass is 10.2. The molecule has 0 aromatic heterocycles. The van der Waals surface area contributed by atoms with Gasteiger partial charge >= 0.3 is 0 Å². The zero-order chi connectivity index (χ0) is 16.1. The van der Waals surface area contributed by atoms with E-state index in [1.165, 1.54) is 18.7 Å². The van der Waals surface area contributed by atoms with Crippen LogP contribution in [-0.4, -0.2) is 42.3 Å². The lowest BCUT2D eigenvalue weighted by Gasteiger charge is -2.25. The number of halogens is 2. The predicted molar refractivity (Wildman–Crippen MR) is 90.9 cm³/mol. The molecular weight excluding hydrogens is 367 g/mol. The van der Waals surface area contributed by atoms with Crippen molar-refractivity contribution in [2.75, 3.05) is 16.4 Å². The molecule has 0 saturated carbocycles. The predicted octanol–water partition coefficient (Wildman–Crippen LogP) is 2.61. The molecule has 2 aliphatic rings. The van der Waals surface area contributed by atoms with Crippen LogP contribution in [0.25, 0.3) is 0 Å². The van der Waals surface area contributed by atoms with Crippen molar-refractivity contribution in [1.82, 2.24) is 0 Å². The molecule has 2 aliphatic heterocycles. The van der Waals surface area contributed by atoms with Gasteiger partial charge in [-0.05, 0) is 18.2 Å². The Morgan fingerprint density at radius 2 is 2.09 bits per heavy atom. The number of amides is 1. The van der Waals surface area contributed by atoms with Crippen LogP contribution in [0.2, 0.25) is 10.0 Å². The highest BCUT2D eigenvalue weighted by Crippen LogP contribution is 2.43. The maximum atomic E-state index is 11.9. The number of carbonyl (C=O) groups is 1. The Morgan fingerprint density at radius 1 is 1.36 bits per heavy atom. The molecule has 9 heteroatoms. The van der Waals surface area contributed by atoms with Crippen molar-refractivity contribution in [2.24, 2.45) is 4.99 Å². The average molecular weight is 379 g/mol. The number of amidine groups is 1. The Bertz CT molecular complexity index is 779. The summed E-state index contributed by atoms with van der Waals surface area (Å²) in [6.45, 7) is 1.36. The molecular formula is C13H12Cl2N2O3S2. The molecule has 1 aromatic carbocycles. The molecule has 0 unspecified atom stereocenters. The molecule has 0 N–H and O–H groups in total. The fourth-order valence-electron chi connectivity index (χ4n) is 2.65. The third-order valence-corrected chi connectivity index (χ3v) is 7.25. The zero-order valence-electron chi connectivity index (χ0n) is 11.5. The van der Waals surface area contributed by atoms with Gasteiger partial charge in [0.15, 0.2) is 15.0 Å². The highest BCUT2D eigenvalue weighted by molar-refractivity contribution is 8.16. The molecule has 0 bridgehead atoms. The average Bonchev–Trinajstić information content (AvgIpc) is 2.83. The van der Waals surface area contributed by atoms with E-state index in [1.807, 2.05) is 0 Å². The second-order valence-corrected chi connectivity index (χ2v) is 9.38. The van der Waals surface area contributed by atoms with Gasteiger partial charge in [0, 0.05) is 17.2 Å². The minimum atomic E-state index is -3.10. The lowest BCUT2D eigenvalue weighted by Crippen LogP contribution is -2.37. The number of carbonyl (C=O) groups excluding carboxylic acids is 1. The minimum Gasteiger partial charge on any atom is -0.314 e. The Morgan fingerprint density at radius 3 is 2.77 bits per heavy atom. The van der Waals surface area contributed by atoms with E-state index in [1.54, 1.807) is 23.1 Å². The van der Waals surface area contributed by atoms with Crippen molar-refractivity contribution in [3.63, 3.8) is 0 Å². The van der Waals surface area contributed by atoms with Gasteiger partial charge in [0.25, 0.3) is 0 Å². The summed E-state index contributed by atoms with van der Waals surface area (Å²) in [6, 6.07) is 4.67. The molecule has 2 heterocycles. The first-order chi connectivity index (χ1) is 10.3. The van der Waals surface area contributed by atoms with Gasteiger partial charge in [-0.15, -0.1) is 0 Å². The number of aliphatic imine (C=N–C) groups is 1. The fourth-order valence-corrected chi connectivity index (χ4v) is 6.98.